The molecule has 1 aliphatic heterocycles. The minimum atomic E-state index is -0.463. The van der Waals surface area contributed by atoms with Crippen LogP contribution in [0.3, 0.4) is 0 Å². The van der Waals surface area contributed by atoms with Crippen LogP contribution in [0.4, 0.5) is 21.4 Å². The fraction of sp³-hybridized carbons (Fsp3) is 0.190. The van der Waals surface area contributed by atoms with Crippen LogP contribution in [0.1, 0.15) is 17.3 Å². The van der Waals surface area contributed by atoms with E-state index in [-0.39, 0.29) is 18.3 Å². The van der Waals surface area contributed by atoms with Gasteiger partial charge in [-0.25, -0.2) is 4.79 Å². The number of nitrogens with zero attached hydrogens (tertiary/aromatic N) is 4. The molecule has 152 valence electrons. The Morgan fingerprint density at radius 3 is 2.43 bits per heavy atom. The van der Waals surface area contributed by atoms with Gasteiger partial charge >= 0.3 is 5.97 Å². The molecule has 8 nitrogen and oxygen atoms in total. The maximum Gasteiger partial charge on any atom is 0.341 e. The third-order valence-corrected chi connectivity index (χ3v) is 5.60. The molecule has 0 atom stereocenters. The Labute approximate surface area is 176 Å². The van der Waals surface area contributed by atoms with E-state index in [0.717, 1.165) is 23.7 Å². The first-order valence-electron chi connectivity index (χ1n) is 9.39. The van der Waals surface area contributed by atoms with Crippen molar-refractivity contribution in [1.29, 1.82) is 0 Å². The number of rotatable bonds is 7. The molecule has 0 aliphatic carbocycles. The topological polar surface area (TPSA) is 97.2 Å². The van der Waals surface area contributed by atoms with Crippen LogP contribution in [0.5, 0.6) is 0 Å². The van der Waals surface area contributed by atoms with Crippen LogP contribution in [0.2, 0.25) is 0 Å². The van der Waals surface area contributed by atoms with E-state index in [1.54, 1.807) is 6.92 Å². The molecule has 0 N–H and O–H groups in total. The number of carbonyl (C=O) groups excluding carboxylic acids is 1. The van der Waals surface area contributed by atoms with Gasteiger partial charge in [0.05, 0.1) is 17.2 Å². The van der Waals surface area contributed by atoms with E-state index in [9.17, 15) is 14.9 Å². The standard InChI is InChI=1S/C21H18N4O4S/c1-2-29-21(26)18-17(14-6-4-3-5-7-14)19(30-20(18)24-12-13-24)23-22-15-8-10-16(11-9-15)25(27)28/h3-11H,2,12-13H2,1H3. The molecule has 3 aromatic rings. The quantitative estimate of drug-likeness (QED) is 0.159. The summed E-state index contributed by atoms with van der Waals surface area (Å²) < 4.78 is 5.33. The minimum Gasteiger partial charge on any atom is -0.462 e. The monoisotopic (exact) mass is 422 g/mol. The predicted molar refractivity (Wildman–Crippen MR) is 115 cm³/mol. The van der Waals surface area contributed by atoms with Gasteiger partial charge in [-0.05, 0) is 24.6 Å². The lowest BCUT2D eigenvalue weighted by atomic mass is 10.0. The second-order valence-electron chi connectivity index (χ2n) is 6.51. The highest BCUT2D eigenvalue weighted by molar-refractivity contribution is 7.21. The molecule has 4 rings (SSSR count). The molecule has 0 bridgehead atoms. The van der Waals surface area contributed by atoms with Crippen LogP contribution >= 0.6 is 11.3 Å². The highest BCUT2D eigenvalue weighted by Gasteiger charge is 2.32. The van der Waals surface area contributed by atoms with Crippen LogP contribution < -0.4 is 4.90 Å². The van der Waals surface area contributed by atoms with Crippen molar-refractivity contribution in [3.63, 3.8) is 0 Å². The summed E-state index contributed by atoms with van der Waals surface area (Å²) in [4.78, 5) is 25.3. The Bertz CT molecular complexity index is 1110. The molecule has 0 amide bonds. The largest absolute Gasteiger partial charge is 0.462 e. The first-order chi connectivity index (χ1) is 14.6. The van der Waals surface area contributed by atoms with Crippen molar-refractivity contribution < 1.29 is 14.5 Å². The van der Waals surface area contributed by atoms with E-state index in [2.05, 4.69) is 15.1 Å². The highest BCUT2D eigenvalue weighted by atomic mass is 32.1. The Morgan fingerprint density at radius 1 is 1.13 bits per heavy atom. The molecule has 2 aromatic carbocycles. The average molecular weight is 422 g/mol. The normalized spacial score (nSPS) is 12.9. The summed E-state index contributed by atoms with van der Waals surface area (Å²) >= 11 is 1.39. The van der Waals surface area contributed by atoms with Gasteiger partial charge in [-0.15, -0.1) is 10.2 Å². The molecule has 1 aromatic heterocycles. The van der Waals surface area contributed by atoms with Crippen molar-refractivity contribution in [2.24, 2.45) is 10.2 Å². The third kappa shape index (κ3) is 4.06. The summed E-state index contributed by atoms with van der Waals surface area (Å²) in [6.45, 7) is 3.81. The first-order valence-corrected chi connectivity index (χ1v) is 10.2. The average Bonchev–Trinajstić information content (AvgIpc) is 3.53. The number of benzene rings is 2. The number of non-ortho nitro benzene ring substituents is 1. The van der Waals surface area contributed by atoms with E-state index in [1.165, 1.54) is 35.6 Å². The van der Waals surface area contributed by atoms with E-state index in [4.69, 9.17) is 4.74 Å². The number of thiophene rings is 1. The number of carbonyl (C=O) groups is 1. The summed E-state index contributed by atoms with van der Waals surface area (Å²) in [5.74, 6) is -0.383. The molecular formula is C21H18N4O4S. The van der Waals surface area contributed by atoms with Crippen molar-refractivity contribution >= 4 is 38.7 Å². The molecule has 0 unspecified atom stereocenters. The minimum absolute atomic E-state index is 0.0107. The number of hydrogen-bond acceptors (Lipinski definition) is 8. The molecule has 2 heterocycles. The zero-order valence-corrected chi connectivity index (χ0v) is 17.0. The van der Waals surface area contributed by atoms with Gasteiger partial charge < -0.3 is 9.64 Å². The molecule has 1 fully saturated rings. The van der Waals surface area contributed by atoms with Gasteiger partial charge in [0.25, 0.3) is 5.69 Å². The van der Waals surface area contributed by atoms with Crippen molar-refractivity contribution in [3.8, 4) is 11.1 Å². The Hall–Kier alpha value is -3.59. The molecule has 1 aliphatic rings. The third-order valence-electron chi connectivity index (χ3n) is 4.46. The summed E-state index contributed by atoms with van der Waals surface area (Å²) in [6, 6.07) is 15.4. The summed E-state index contributed by atoms with van der Waals surface area (Å²) in [7, 11) is 0. The van der Waals surface area contributed by atoms with Gasteiger partial charge in [0.15, 0.2) is 0 Å². The zero-order valence-electron chi connectivity index (χ0n) is 16.1. The Morgan fingerprint density at radius 2 is 1.83 bits per heavy atom. The van der Waals surface area contributed by atoms with E-state index in [0.29, 0.717) is 21.8 Å². The number of esters is 1. The summed E-state index contributed by atoms with van der Waals surface area (Å²) in [5, 5.41) is 20.9. The predicted octanol–water partition coefficient (Wildman–Crippen LogP) is 5.74. The number of hydrogen-bond donors (Lipinski definition) is 0. The van der Waals surface area contributed by atoms with Crippen molar-refractivity contribution in [3.05, 3.63) is 70.3 Å². The molecular weight excluding hydrogens is 404 g/mol. The van der Waals surface area contributed by atoms with Crippen molar-refractivity contribution in [2.75, 3.05) is 24.6 Å². The lowest BCUT2D eigenvalue weighted by Crippen LogP contribution is -2.08. The van der Waals surface area contributed by atoms with Crippen LogP contribution in [0.25, 0.3) is 11.1 Å². The molecule has 0 spiro atoms. The van der Waals surface area contributed by atoms with Crippen LogP contribution in [-0.2, 0) is 4.74 Å². The van der Waals surface area contributed by atoms with Crippen molar-refractivity contribution in [2.45, 2.75) is 6.92 Å². The molecule has 0 saturated carbocycles. The van der Waals surface area contributed by atoms with Crippen LogP contribution in [-0.4, -0.2) is 30.6 Å². The zero-order chi connectivity index (χ0) is 21.1. The fourth-order valence-corrected chi connectivity index (χ4v) is 4.15. The molecule has 0 radical (unpaired) electrons. The molecule has 30 heavy (non-hydrogen) atoms. The maximum atomic E-state index is 12.8. The fourth-order valence-electron chi connectivity index (χ4n) is 2.96. The Kier molecular flexibility index (Phi) is 5.53. The number of nitro groups is 1. The lowest BCUT2D eigenvalue weighted by Gasteiger charge is -2.08. The molecule has 1 saturated heterocycles. The smallest absolute Gasteiger partial charge is 0.341 e. The number of ether oxygens (including phenoxy) is 1. The maximum absolute atomic E-state index is 12.8. The van der Waals surface area contributed by atoms with Crippen LogP contribution in [0.15, 0.2) is 64.8 Å². The first kappa shape index (κ1) is 19.7. The number of anilines is 1. The van der Waals surface area contributed by atoms with Gasteiger partial charge in [-0.3, -0.25) is 10.1 Å². The van der Waals surface area contributed by atoms with E-state index < -0.39 is 4.92 Å². The number of azo groups is 1. The lowest BCUT2D eigenvalue weighted by molar-refractivity contribution is -0.384. The van der Waals surface area contributed by atoms with Crippen LogP contribution in [0, 0.1) is 10.1 Å². The second-order valence-corrected chi connectivity index (χ2v) is 7.49. The van der Waals surface area contributed by atoms with Gasteiger partial charge in [-0.1, -0.05) is 41.7 Å². The van der Waals surface area contributed by atoms with Crippen molar-refractivity contribution in [1.82, 2.24) is 0 Å². The SMILES string of the molecule is CCOC(=O)c1c(N2CC2)sc(N=Nc2ccc([N+](=O)[O-])cc2)c1-c1ccccc1. The van der Waals surface area contributed by atoms with Gasteiger partial charge in [0, 0.05) is 30.8 Å². The summed E-state index contributed by atoms with van der Waals surface area (Å²) in [5.41, 5.74) is 2.51. The van der Waals surface area contributed by atoms with E-state index in [1.807, 2.05) is 30.3 Å². The van der Waals surface area contributed by atoms with Gasteiger partial charge in [0.2, 0.25) is 0 Å². The van der Waals surface area contributed by atoms with E-state index >= 15 is 0 Å². The number of nitro benzene ring substituents is 1. The molecule has 9 heteroatoms. The highest BCUT2D eigenvalue weighted by Crippen LogP contribution is 2.49. The van der Waals surface area contributed by atoms with Gasteiger partial charge in [-0.2, -0.15) is 0 Å². The Balaban J connectivity index is 1.79. The second kappa shape index (κ2) is 8.42. The van der Waals surface area contributed by atoms with Gasteiger partial charge in [0.1, 0.15) is 15.6 Å². The summed E-state index contributed by atoms with van der Waals surface area (Å²) in [6.07, 6.45) is 0.